The number of hydrogen-bond acceptors (Lipinski definition) is 2. The van der Waals surface area contributed by atoms with E-state index in [-0.39, 0.29) is 0 Å². The van der Waals surface area contributed by atoms with Gasteiger partial charge in [0.1, 0.15) is 5.75 Å². The average Bonchev–Trinajstić information content (AvgIpc) is 3.04. The molecule has 2 aromatic rings. The number of fused-ring (bicyclic) bond motifs is 3. The van der Waals surface area contributed by atoms with Gasteiger partial charge >= 0.3 is 0 Å². The Bertz CT molecular complexity index is 667. The third-order valence-corrected chi connectivity index (χ3v) is 5.67. The standard InChI is InChI=1S/C21H25NO/c1-23-21-9-5-8-17-18-13-15-22(20(18)11-10-19(17)21)14-12-16-6-3-2-4-7-16/h2-9,18,20H,10-15H2,1H3/t18-,20+/m0/s1. The van der Waals surface area contributed by atoms with Gasteiger partial charge in [-0.25, -0.2) is 0 Å². The van der Waals surface area contributed by atoms with Crippen molar-refractivity contribution >= 4 is 0 Å². The van der Waals surface area contributed by atoms with E-state index in [0.29, 0.717) is 5.92 Å². The minimum absolute atomic E-state index is 0.699. The van der Waals surface area contributed by atoms with Gasteiger partial charge in [-0.3, -0.25) is 4.90 Å². The Morgan fingerprint density at radius 1 is 1.04 bits per heavy atom. The molecular formula is C21H25NO. The lowest BCUT2D eigenvalue weighted by atomic mass is 9.79. The SMILES string of the molecule is COc1cccc2c1CC[C@@H]1[C@H]2CCN1CCc1ccccc1. The van der Waals surface area contributed by atoms with Gasteiger partial charge < -0.3 is 4.74 Å². The van der Waals surface area contributed by atoms with E-state index in [1.54, 1.807) is 12.7 Å². The molecule has 1 aliphatic carbocycles. The van der Waals surface area contributed by atoms with Crippen molar-refractivity contribution < 1.29 is 4.74 Å². The summed E-state index contributed by atoms with van der Waals surface area (Å²) >= 11 is 0. The fourth-order valence-corrected chi connectivity index (χ4v) is 4.54. The van der Waals surface area contributed by atoms with Crippen molar-refractivity contribution in [1.29, 1.82) is 0 Å². The van der Waals surface area contributed by atoms with Crippen LogP contribution in [0.1, 0.15) is 35.4 Å². The normalized spacial score (nSPS) is 23.3. The highest BCUT2D eigenvalue weighted by Crippen LogP contribution is 2.44. The Labute approximate surface area is 139 Å². The van der Waals surface area contributed by atoms with Gasteiger partial charge in [0.15, 0.2) is 0 Å². The first kappa shape index (κ1) is 14.8. The molecule has 0 bridgehead atoms. The van der Waals surface area contributed by atoms with Crippen molar-refractivity contribution in [3.63, 3.8) is 0 Å². The van der Waals surface area contributed by atoms with E-state index in [2.05, 4.69) is 53.4 Å². The van der Waals surface area contributed by atoms with Crippen LogP contribution in [0.4, 0.5) is 0 Å². The predicted molar refractivity (Wildman–Crippen MR) is 94.2 cm³/mol. The average molecular weight is 307 g/mol. The van der Waals surface area contributed by atoms with Gasteiger partial charge in [0.25, 0.3) is 0 Å². The van der Waals surface area contributed by atoms with E-state index >= 15 is 0 Å². The topological polar surface area (TPSA) is 12.5 Å². The van der Waals surface area contributed by atoms with Crippen molar-refractivity contribution in [3.8, 4) is 5.75 Å². The minimum atomic E-state index is 0.699. The van der Waals surface area contributed by atoms with Gasteiger partial charge in [-0.15, -0.1) is 0 Å². The molecule has 2 nitrogen and oxygen atoms in total. The molecule has 1 heterocycles. The second kappa shape index (κ2) is 6.37. The fraction of sp³-hybridized carbons (Fsp3) is 0.429. The zero-order chi connectivity index (χ0) is 15.6. The Kier molecular flexibility index (Phi) is 4.09. The molecule has 120 valence electrons. The quantitative estimate of drug-likeness (QED) is 0.845. The van der Waals surface area contributed by atoms with E-state index in [4.69, 9.17) is 4.74 Å². The third-order valence-electron chi connectivity index (χ3n) is 5.67. The fourth-order valence-electron chi connectivity index (χ4n) is 4.54. The second-order valence-corrected chi connectivity index (χ2v) is 6.80. The summed E-state index contributed by atoms with van der Waals surface area (Å²) in [4.78, 5) is 2.72. The summed E-state index contributed by atoms with van der Waals surface area (Å²) in [5, 5.41) is 0. The molecule has 1 saturated heterocycles. The predicted octanol–water partition coefficient (Wildman–Crippen LogP) is 4.04. The summed E-state index contributed by atoms with van der Waals surface area (Å²) in [5.74, 6) is 1.79. The van der Waals surface area contributed by atoms with Crippen LogP contribution in [0.15, 0.2) is 48.5 Å². The highest BCUT2D eigenvalue weighted by Gasteiger charge is 2.38. The molecule has 2 atom stereocenters. The van der Waals surface area contributed by atoms with Gasteiger partial charge in [-0.05, 0) is 55.0 Å². The number of ether oxygens (including phenoxy) is 1. The molecule has 2 aliphatic rings. The van der Waals surface area contributed by atoms with Crippen LogP contribution in [-0.2, 0) is 12.8 Å². The highest BCUT2D eigenvalue weighted by atomic mass is 16.5. The number of nitrogens with zero attached hydrogens (tertiary/aromatic N) is 1. The Balaban J connectivity index is 1.49. The molecular weight excluding hydrogens is 282 g/mol. The van der Waals surface area contributed by atoms with Crippen molar-refractivity contribution in [2.45, 2.75) is 37.6 Å². The van der Waals surface area contributed by atoms with E-state index < -0.39 is 0 Å². The number of rotatable bonds is 4. The number of hydrogen-bond donors (Lipinski definition) is 0. The van der Waals surface area contributed by atoms with E-state index in [1.165, 1.54) is 37.1 Å². The van der Waals surface area contributed by atoms with Gasteiger partial charge in [0.2, 0.25) is 0 Å². The molecule has 0 radical (unpaired) electrons. The Morgan fingerprint density at radius 3 is 2.74 bits per heavy atom. The highest BCUT2D eigenvalue weighted by molar-refractivity contribution is 5.45. The monoisotopic (exact) mass is 307 g/mol. The van der Waals surface area contributed by atoms with Crippen molar-refractivity contribution in [3.05, 3.63) is 65.2 Å². The smallest absolute Gasteiger partial charge is 0.122 e. The molecule has 0 unspecified atom stereocenters. The summed E-state index contributed by atoms with van der Waals surface area (Å²) in [6.45, 7) is 2.42. The minimum Gasteiger partial charge on any atom is -0.496 e. The van der Waals surface area contributed by atoms with Crippen LogP contribution in [0.5, 0.6) is 5.75 Å². The molecule has 0 aromatic heterocycles. The van der Waals surface area contributed by atoms with Crippen molar-refractivity contribution in [2.24, 2.45) is 0 Å². The zero-order valence-corrected chi connectivity index (χ0v) is 13.9. The van der Waals surface area contributed by atoms with Crippen LogP contribution in [0.2, 0.25) is 0 Å². The molecule has 0 amide bonds. The maximum atomic E-state index is 5.58. The maximum absolute atomic E-state index is 5.58. The molecule has 0 spiro atoms. The molecule has 1 fully saturated rings. The Hall–Kier alpha value is -1.80. The second-order valence-electron chi connectivity index (χ2n) is 6.80. The van der Waals surface area contributed by atoms with Crippen molar-refractivity contribution in [2.75, 3.05) is 20.2 Å². The summed E-state index contributed by atoms with van der Waals surface area (Å²) in [6, 6.07) is 18.2. The van der Waals surface area contributed by atoms with E-state index in [1.807, 2.05) is 0 Å². The number of likely N-dealkylation sites (tertiary alicyclic amines) is 1. The lowest BCUT2D eigenvalue weighted by Gasteiger charge is -2.34. The molecule has 4 rings (SSSR count). The van der Waals surface area contributed by atoms with Gasteiger partial charge in [-0.2, -0.15) is 0 Å². The van der Waals surface area contributed by atoms with Crippen LogP contribution < -0.4 is 4.74 Å². The first-order chi connectivity index (χ1) is 11.4. The summed E-state index contributed by atoms with van der Waals surface area (Å²) in [6.07, 6.45) is 4.88. The molecule has 0 N–H and O–H groups in total. The summed E-state index contributed by atoms with van der Waals surface area (Å²) in [7, 11) is 1.79. The zero-order valence-electron chi connectivity index (χ0n) is 13.9. The van der Waals surface area contributed by atoms with Crippen LogP contribution in [0.3, 0.4) is 0 Å². The van der Waals surface area contributed by atoms with E-state index in [9.17, 15) is 0 Å². The molecule has 2 aromatic carbocycles. The lowest BCUT2D eigenvalue weighted by molar-refractivity contribution is 0.228. The number of methoxy groups -OCH3 is 1. The first-order valence-electron chi connectivity index (χ1n) is 8.80. The largest absolute Gasteiger partial charge is 0.496 e. The van der Waals surface area contributed by atoms with Crippen LogP contribution in [0.25, 0.3) is 0 Å². The van der Waals surface area contributed by atoms with Gasteiger partial charge in [0.05, 0.1) is 7.11 Å². The van der Waals surface area contributed by atoms with Crippen LogP contribution in [0, 0.1) is 0 Å². The molecule has 0 saturated carbocycles. The third kappa shape index (κ3) is 2.76. The Morgan fingerprint density at radius 2 is 1.91 bits per heavy atom. The van der Waals surface area contributed by atoms with Crippen LogP contribution in [-0.4, -0.2) is 31.1 Å². The molecule has 23 heavy (non-hydrogen) atoms. The summed E-state index contributed by atoms with van der Waals surface area (Å²) < 4.78 is 5.58. The number of benzene rings is 2. The van der Waals surface area contributed by atoms with Gasteiger partial charge in [0, 0.05) is 18.5 Å². The lowest BCUT2D eigenvalue weighted by Crippen LogP contribution is -2.36. The molecule has 2 heteroatoms. The maximum Gasteiger partial charge on any atom is 0.122 e. The van der Waals surface area contributed by atoms with Crippen molar-refractivity contribution in [1.82, 2.24) is 4.90 Å². The van der Waals surface area contributed by atoms with Crippen LogP contribution >= 0.6 is 0 Å². The molecule has 1 aliphatic heterocycles. The summed E-state index contributed by atoms with van der Waals surface area (Å²) in [5.41, 5.74) is 4.46. The van der Waals surface area contributed by atoms with Gasteiger partial charge in [-0.1, -0.05) is 42.5 Å². The first-order valence-corrected chi connectivity index (χ1v) is 8.80. The van der Waals surface area contributed by atoms with E-state index in [0.717, 1.165) is 24.6 Å².